The molecule has 0 bridgehead atoms. The quantitative estimate of drug-likeness (QED) is 0.806. The highest BCUT2D eigenvalue weighted by Crippen LogP contribution is 2.21. The molecule has 0 fully saturated rings. The zero-order valence-corrected chi connectivity index (χ0v) is 10.0. The summed E-state index contributed by atoms with van der Waals surface area (Å²) >= 11 is 1.67. The van der Waals surface area contributed by atoms with Gasteiger partial charge in [0.05, 0.1) is 6.04 Å². The maximum Gasteiger partial charge on any atom is 0.224 e. The van der Waals surface area contributed by atoms with Crippen LogP contribution in [0.2, 0.25) is 0 Å². The van der Waals surface area contributed by atoms with E-state index in [0.29, 0.717) is 6.54 Å². The molecule has 0 aromatic carbocycles. The molecule has 15 heavy (non-hydrogen) atoms. The number of carbonyl (C=O) groups is 1. The third-order valence-corrected chi connectivity index (χ3v) is 3.40. The fraction of sp³-hybridized carbons (Fsp3) is 0.545. The number of amides is 1. The fourth-order valence-electron chi connectivity index (χ4n) is 1.28. The number of thiophene rings is 1. The summed E-state index contributed by atoms with van der Waals surface area (Å²) in [7, 11) is 0. The summed E-state index contributed by atoms with van der Waals surface area (Å²) in [4.78, 5) is 12.9. The molecule has 0 radical (unpaired) electrons. The summed E-state index contributed by atoms with van der Waals surface area (Å²) < 4.78 is 0. The summed E-state index contributed by atoms with van der Waals surface area (Å²) in [6, 6.07) is 4.18. The Bertz CT molecular complexity index is 298. The first-order chi connectivity index (χ1) is 7.19. The maximum atomic E-state index is 11.7. The van der Waals surface area contributed by atoms with E-state index in [1.54, 1.807) is 11.3 Å². The minimum Gasteiger partial charge on any atom is -0.348 e. The number of rotatable bonds is 5. The summed E-state index contributed by atoms with van der Waals surface area (Å²) in [6.45, 7) is 4.31. The lowest BCUT2D eigenvalue weighted by Crippen LogP contribution is -2.35. The molecule has 2 atom stereocenters. The summed E-state index contributed by atoms with van der Waals surface area (Å²) in [5, 5.41) is 5.04. The lowest BCUT2D eigenvalue weighted by Gasteiger charge is -2.17. The third kappa shape index (κ3) is 3.32. The number of nitrogens with two attached hydrogens (primary N) is 1. The zero-order chi connectivity index (χ0) is 11.3. The number of nitrogens with one attached hydrogen (secondary N) is 1. The monoisotopic (exact) mass is 226 g/mol. The highest BCUT2D eigenvalue weighted by Gasteiger charge is 2.17. The van der Waals surface area contributed by atoms with Crippen molar-refractivity contribution in [1.29, 1.82) is 0 Å². The molecule has 2 unspecified atom stereocenters. The van der Waals surface area contributed by atoms with Crippen molar-refractivity contribution < 1.29 is 4.79 Å². The lowest BCUT2D eigenvalue weighted by atomic mass is 10.1. The third-order valence-electron chi connectivity index (χ3n) is 2.41. The van der Waals surface area contributed by atoms with Crippen LogP contribution in [0, 0.1) is 5.92 Å². The number of hydrogen-bond acceptors (Lipinski definition) is 3. The molecule has 1 aromatic rings. The molecular formula is C11H18N2OS. The highest BCUT2D eigenvalue weighted by molar-refractivity contribution is 7.10. The predicted molar refractivity (Wildman–Crippen MR) is 63.7 cm³/mol. The van der Waals surface area contributed by atoms with Crippen molar-refractivity contribution in [3.63, 3.8) is 0 Å². The van der Waals surface area contributed by atoms with E-state index >= 15 is 0 Å². The van der Waals surface area contributed by atoms with Crippen LogP contribution in [0.3, 0.4) is 0 Å². The average Bonchev–Trinajstić information content (AvgIpc) is 2.77. The van der Waals surface area contributed by atoms with E-state index in [1.165, 1.54) is 4.88 Å². The van der Waals surface area contributed by atoms with Crippen molar-refractivity contribution in [2.75, 3.05) is 6.54 Å². The molecule has 0 saturated carbocycles. The molecule has 1 aromatic heterocycles. The van der Waals surface area contributed by atoms with Crippen LogP contribution in [-0.4, -0.2) is 12.5 Å². The first-order valence-corrected chi connectivity index (χ1v) is 6.10. The van der Waals surface area contributed by atoms with Gasteiger partial charge in [-0.15, -0.1) is 11.3 Å². The van der Waals surface area contributed by atoms with Gasteiger partial charge in [-0.1, -0.05) is 19.9 Å². The topological polar surface area (TPSA) is 55.1 Å². The Kier molecular flexibility index (Phi) is 4.78. The Morgan fingerprint density at radius 2 is 2.40 bits per heavy atom. The van der Waals surface area contributed by atoms with E-state index in [-0.39, 0.29) is 17.9 Å². The van der Waals surface area contributed by atoms with Crippen molar-refractivity contribution >= 4 is 17.2 Å². The fourth-order valence-corrected chi connectivity index (χ4v) is 2.15. The largest absolute Gasteiger partial charge is 0.348 e. The Labute approximate surface area is 94.7 Å². The molecule has 84 valence electrons. The Morgan fingerprint density at radius 3 is 2.87 bits per heavy atom. The van der Waals surface area contributed by atoms with Crippen LogP contribution >= 0.6 is 11.3 Å². The van der Waals surface area contributed by atoms with Gasteiger partial charge in [0.15, 0.2) is 0 Å². The molecule has 0 aliphatic carbocycles. The summed E-state index contributed by atoms with van der Waals surface area (Å²) in [6.07, 6.45) is 0.906. The standard InChI is InChI=1S/C11H18N2OS/c1-3-9(10-5-4-6-15-10)13-11(14)8(2)7-12/h4-6,8-9H,3,7,12H2,1-2H3,(H,13,14). The minimum atomic E-state index is -0.112. The van der Waals surface area contributed by atoms with E-state index in [1.807, 2.05) is 24.4 Å². The van der Waals surface area contributed by atoms with Gasteiger partial charge in [0.1, 0.15) is 0 Å². The molecule has 0 saturated heterocycles. The van der Waals surface area contributed by atoms with Crippen molar-refractivity contribution in [1.82, 2.24) is 5.32 Å². The van der Waals surface area contributed by atoms with Crippen LogP contribution in [-0.2, 0) is 4.79 Å². The molecule has 1 amide bonds. The van der Waals surface area contributed by atoms with E-state index in [2.05, 4.69) is 12.2 Å². The number of carbonyl (C=O) groups excluding carboxylic acids is 1. The Hall–Kier alpha value is -0.870. The maximum absolute atomic E-state index is 11.7. The van der Waals surface area contributed by atoms with Crippen LogP contribution in [0.15, 0.2) is 17.5 Å². The van der Waals surface area contributed by atoms with Crippen molar-refractivity contribution in [2.45, 2.75) is 26.3 Å². The van der Waals surface area contributed by atoms with Gasteiger partial charge in [0.25, 0.3) is 0 Å². The Balaban J connectivity index is 2.58. The average molecular weight is 226 g/mol. The molecule has 1 rings (SSSR count). The van der Waals surface area contributed by atoms with Gasteiger partial charge in [-0.2, -0.15) is 0 Å². The van der Waals surface area contributed by atoms with Crippen LogP contribution in [0.25, 0.3) is 0 Å². The van der Waals surface area contributed by atoms with E-state index in [4.69, 9.17) is 5.73 Å². The highest BCUT2D eigenvalue weighted by atomic mass is 32.1. The summed E-state index contributed by atoms with van der Waals surface area (Å²) in [5.41, 5.74) is 5.45. The molecule has 0 aliphatic heterocycles. The van der Waals surface area contributed by atoms with Gasteiger partial charge < -0.3 is 11.1 Å². The predicted octanol–water partition coefficient (Wildman–Crippen LogP) is 1.91. The van der Waals surface area contributed by atoms with Crippen molar-refractivity contribution in [3.05, 3.63) is 22.4 Å². The van der Waals surface area contributed by atoms with Gasteiger partial charge in [0, 0.05) is 17.3 Å². The zero-order valence-electron chi connectivity index (χ0n) is 9.19. The normalized spacial score (nSPS) is 14.6. The van der Waals surface area contributed by atoms with Crippen LogP contribution < -0.4 is 11.1 Å². The van der Waals surface area contributed by atoms with Gasteiger partial charge in [0.2, 0.25) is 5.91 Å². The van der Waals surface area contributed by atoms with E-state index in [9.17, 15) is 4.79 Å². The van der Waals surface area contributed by atoms with Crippen LogP contribution in [0.1, 0.15) is 31.2 Å². The smallest absolute Gasteiger partial charge is 0.224 e. The molecule has 3 nitrogen and oxygen atoms in total. The van der Waals surface area contributed by atoms with Crippen molar-refractivity contribution in [2.24, 2.45) is 11.7 Å². The van der Waals surface area contributed by atoms with Gasteiger partial charge in [-0.05, 0) is 17.9 Å². The SMILES string of the molecule is CCC(NC(=O)C(C)CN)c1cccs1. The first kappa shape index (κ1) is 12.2. The molecule has 4 heteroatoms. The van der Waals surface area contributed by atoms with E-state index in [0.717, 1.165) is 6.42 Å². The Morgan fingerprint density at radius 1 is 1.67 bits per heavy atom. The second kappa shape index (κ2) is 5.88. The van der Waals surface area contributed by atoms with Crippen LogP contribution in [0.5, 0.6) is 0 Å². The lowest BCUT2D eigenvalue weighted by molar-refractivity contribution is -0.125. The molecule has 0 spiro atoms. The number of hydrogen-bond donors (Lipinski definition) is 2. The van der Waals surface area contributed by atoms with Crippen molar-refractivity contribution in [3.8, 4) is 0 Å². The van der Waals surface area contributed by atoms with E-state index < -0.39 is 0 Å². The van der Waals surface area contributed by atoms with Gasteiger partial charge in [-0.3, -0.25) is 4.79 Å². The van der Waals surface area contributed by atoms with Gasteiger partial charge >= 0.3 is 0 Å². The van der Waals surface area contributed by atoms with Gasteiger partial charge in [-0.25, -0.2) is 0 Å². The molecule has 3 N–H and O–H groups in total. The van der Waals surface area contributed by atoms with Crippen LogP contribution in [0.4, 0.5) is 0 Å². The molecule has 1 heterocycles. The second-order valence-corrected chi connectivity index (χ2v) is 4.60. The second-order valence-electron chi connectivity index (χ2n) is 3.62. The molecular weight excluding hydrogens is 208 g/mol. The summed E-state index contributed by atoms with van der Waals surface area (Å²) in [5.74, 6) is -0.0724. The minimum absolute atomic E-state index is 0.0396. The first-order valence-electron chi connectivity index (χ1n) is 5.22. The molecule has 0 aliphatic rings.